The Morgan fingerprint density at radius 3 is 2.48 bits per heavy atom. The number of nitrogens with zero attached hydrogens (tertiary/aromatic N) is 7. The molecule has 0 N–H and O–H groups in total. The van der Waals surface area contributed by atoms with E-state index in [9.17, 15) is 18.4 Å². The molecule has 14 heteroatoms. The van der Waals surface area contributed by atoms with Gasteiger partial charge in [0.05, 0.1) is 38.0 Å². The van der Waals surface area contributed by atoms with Crippen LogP contribution in [0.1, 0.15) is 25.1 Å². The average Bonchev–Trinajstić information content (AvgIpc) is 3.40. The summed E-state index contributed by atoms with van der Waals surface area (Å²) in [4.78, 5) is 43.5. The van der Waals surface area contributed by atoms with E-state index in [2.05, 4.69) is 15.0 Å². The van der Waals surface area contributed by atoms with Crippen molar-refractivity contribution in [1.82, 2.24) is 29.3 Å². The molecular formula is C28H33F2N7O5. The molecule has 3 aromatic rings. The van der Waals surface area contributed by atoms with Crippen LogP contribution in [0.2, 0.25) is 0 Å². The van der Waals surface area contributed by atoms with Crippen molar-refractivity contribution in [2.75, 3.05) is 71.1 Å². The highest BCUT2D eigenvalue weighted by atomic mass is 19.3. The van der Waals surface area contributed by atoms with Gasteiger partial charge in [-0.3, -0.25) is 9.36 Å². The minimum absolute atomic E-state index is 0.0983. The lowest BCUT2D eigenvalue weighted by Gasteiger charge is -2.42. The first kappa shape index (κ1) is 28.1. The number of aromatic nitrogens is 4. The van der Waals surface area contributed by atoms with Gasteiger partial charge in [-0.15, -0.1) is 0 Å². The molecular weight excluding hydrogens is 552 g/mol. The highest BCUT2D eigenvalue weighted by Gasteiger charge is 2.37. The number of ether oxygens (including phenoxy) is 3. The van der Waals surface area contributed by atoms with Gasteiger partial charge in [-0.2, -0.15) is 9.97 Å². The number of carbonyl (C=O) groups is 2. The summed E-state index contributed by atoms with van der Waals surface area (Å²) in [7, 11) is 1.36. The number of rotatable bonds is 7. The number of benzene rings is 1. The zero-order valence-electron chi connectivity index (χ0n) is 23.3. The topological polar surface area (TPSA) is 115 Å². The molecule has 0 unspecified atom stereocenters. The van der Waals surface area contributed by atoms with Crippen LogP contribution >= 0.6 is 0 Å². The van der Waals surface area contributed by atoms with Crippen molar-refractivity contribution in [3.63, 3.8) is 0 Å². The second-order valence-corrected chi connectivity index (χ2v) is 10.7. The maximum absolute atomic E-state index is 14.1. The molecule has 3 aliphatic heterocycles. The smallest absolute Gasteiger partial charge is 0.409 e. The van der Waals surface area contributed by atoms with Gasteiger partial charge in [-0.25, -0.2) is 18.6 Å². The Morgan fingerprint density at radius 2 is 1.76 bits per heavy atom. The predicted octanol–water partition coefficient (Wildman–Crippen LogP) is 2.91. The van der Waals surface area contributed by atoms with E-state index in [1.165, 1.54) is 11.7 Å². The molecule has 42 heavy (non-hydrogen) atoms. The van der Waals surface area contributed by atoms with E-state index in [1.807, 2.05) is 9.80 Å². The number of carbonyl (C=O) groups excluding carboxylic acids is 2. The molecule has 5 heterocycles. The summed E-state index contributed by atoms with van der Waals surface area (Å²) in [5.74, 6) is 0.573. The number of imidazole rings is 1. The molecule has 2 aromatic heterocycles. The normalized spacial score (nSPS) is 18.4. The Labute approximate surface area is 241 Å². The summed E-state index contributed by atoms with van der Waals surface area (Å²) in [6.07, 6.45) is -1.94. The van der Waals surface area contributed by atoms with Gasteiger partial charge in [-0.1, -0.05) is 12.1 Å². The first-order chi connectivity index (χ1) is 20.4. The van der Waals surface area contributed by atoms with Gasteiger partial charge in [0.25, 0.3) is 6.43 Å². The third-order valence-corrected chi connectivity index (χ3v) is 8.00. The number of hydrogen-bond donors (Lipinski definition) is 0. The molecule has 0 radical (unpaired) electrons. The van der Waals surface area contributed by atoms with Crippen molar-refractivity contribution >= 4 is 29.0 Å². The van der Waals surface area contributed by atoms with Crippen LogP contribution in [0.3, 0.4) is 0 Å². The quantitative estimate of drug-likeness (QED) is 0.413. The number of piperidine rings is 1. The molecule has 2 amide bonds. The minimum atomic E-state index is -2.81. The van der Waals surface area contributed by atoms with Crippen molar-refractivity contribution in [3.8, 4) is 11.7 Å². The second kappa shape index (κ2) is 12.0. The van der Waals surface area contributed by atoms with Crippen LogP contribution in [0.5, 0.6) is 5.88 Å². The van der Waals surface area contributed by atoms with Gasteiger partial charge in [0, 0.05) is 57.2 Å². The second-order valence-electron chi connectivity index (χ2n) is 10.7. The number of hydrogen-bond acceptors (Lipinski definition) is 9. The van der Waals surface area contributed by atoms with E-state index in [0.717, 1.165) is 0 Å². The van der Waals surface area contributed by atoms with Gasteiger partial charge in [-0.05, 0) is 25.0 Å². The largest absolute Gasteiger partial charge is 0.477 e. The zero-order valence-corrected chi connectivity index (χ0v) is 23.3. The Hall–Kier alpha value is -4.07. The Balaban J connectivity index is 1.15. The summed E-state index contributed by atoms with van der Waals surface area (Å²) in [5, 5.41) is 0. The van der Waals surface area contributed by atoms with Crippen molar-refractivity contribution < 1.29 is 32.6 Å². The number of amides is 2. The molecule has 6 rings (SSSR count). The minimum Gasteiger partial charge on any atom is -0.477 e. The molecule has 12 nitrogen and oxygen atoms in total. The Bertz CT molecular complexity index is 1430. The summed E-state index contributed by atoms with van der Waals surface area (Å²) < 4.78 is 45.8. The molecule has 3 saturated heterocycles. The van der Waals surface area contributed by atoms with Crippen molar-refractivity contribution in [3.05, 3.63) is 36.2 Å². The van der Waals surface area contributed by atoms with E-state index < -0.39 is 12.2 Å². The van der Waals surface area contributed by atoms with Gasteiger partial charge in [0.1, 0.15) is 5.82 Å². The number of alkyl halides is 2. The van der Waals surface area contributed by atoms with Crippen molar-refractivity contribution in [1.29, 1.82) is 0 Å². The van der Waals surface area contributed by atoms with E-state index in [0.29, 0.717) is 88.9 Å². The number of anilines is 1. The SMILES string of the molecule is COC(=O)N1CCC(C(=O)N2CC(COc3cc(-n4c(C(F)F)nc5ccccc54)nc(N4CCOCC4)n3)C2)CC1. The van der Waals surface area contributed by atoms with Crippen molar-refractivity contribution in [2.24, 2.45) is 11.8 Å². The number of para-hydroxylation sites is 2. The molecule has 1 aromatic carbocycles. The van der Waals surface area contributed by atoms with Gasteiger partial charge < -0.3 is 28.9 Å². The first-order valence-corrected chi connectivity index (χ1v) is 14.1. The molecule has 0 aliphatic carbocycles. The standard InChI is InChI=1S/C28H33F2N7O5/c1-40-28(39)35-8-6-19(7-9-35)26(38)36-15-18(16-36)17-42-23-14-22(32-27(33-23)34-10-12-41-13-11-34)37-21-5-3-2-4-20(21)31-25(37)24(29)30/h2-5,14,18-19,24H,6-13,15-17H2,1H3. The molecule has 3 aliphatic rings. The zero-order chi connectivity index (χ0) is 29.2. The van der Waals surface area contributed by atoms with Crippen LogP contribution < -0.4 is 9.64 Å². The molecule has 0 saturated carbocycles. The van der Waals surface area contributed by atoms with Crippen molar-refractivity contribution in [2.45, 2.75) is 19.3 Å². The fourth-order valence-electron chi connectivity index (χ4n) is 5.68. The van der Waals surface area contributed by atoms with E-state index in [-0.39, 0.29) is 35.5 Å². The van der Waals surface area contributed by atoms with Crippen LogP contribution in [-0.4, -0.2) is 108 Å². The fourth-order valence-corrected chi connectivity index (χ4v) is 5.68. The molecule has 0 atom stereocenters. The third kappa shape index (κ3) is 5.67. The predicted molar refractivity (Wildman–Crippen MR) is 147 cm³/mol. The van der Waals surface area contributed by atoms with E-state index in [1.54, 1.807) is 35.2 Å². The van der Waals surface area contributed by atoms with E-state index >= 15 is 0 Å². The van der Waals surface area contributed by atoms with Crippen LogP contribution in [0.4, 0.5) is 19.5 Å². The maximum atomic E-state index is 14.1. The van der Waals surface area contributed by atoms with Gasteiger partial charge >= 0.3 is 6.09 Å². The molecule has 0 bridgehead atoms. The summed E-state index contributed by atoms with van der Waals surface area (Å²) in [6.45, 7) is 4.59. The first-order valence-electron chi connectivity index (χ1n) is 14.1. The summed E-state index contributed by atoms with van der Waals surface area (Å²) in [6, 6.07) is 8.49. The fraction of sp³-hybridized carbons (Fsp3) is 0.536. The number of fused-ring (bicyclic) bond motifs is 1. The van der Waals surface area contributed by atoms with Crippen LogP contribution in [-0.2, 0) is 14.3 Å². The summed E-state index contributed by atoms with van der Waals surface area (Å²) in [5.41, 5.74) is 0.952. The summed E-state index contributed by atoms with van der Waals surface area (Å²) >= 11 is 0. The van der Waals surface area contributed by atoms with Gasteiger partial charge in [0.15, 0.2) is 5.82 Å². The Kier molecular flexibility index (Phi) is 8.05. The Morgan fingerprint density at radius 1 is 1.02 bits per heavy atom. The lowest BCUT2D eigenvalue weighted by Crippen LogP contribution is -2.55. The number of methoxy groups -OCH3 is 1. The number of halogens is 2. The lowest BCUT2D eigenvalue weighted by atomic mass is 9.92. The third-order valence-electron chi connectivity index (χ3n) is 8.00. The van der Waals surface area contributed by atoms with E-state index in [4.69, 9.17) is 14.2 Å². The van der Waals surface area contributed by atoms with Crippen LogP contribution in [0, 0.1) is 11.8 Å². The molecule has 3 fully saturated rings. The van der Waals surface area contributed by atoms with Gasteiger partial charge in [0.2, 0.25) is 17.7 Å². The highest BCUT2D eigenvalue weighted by Crippen LogP contribution is 2.30. The molecule has 224 valence electrons. The van der Waals surface area contributed by atoms with Crippen LogP contribution in [0.25, 0.3) is 16.9 Å². The van der Waals surface area contributed by atoms with Crippen LogP contribution in [0.15, 0.2) is 30.3 Å². The monoisotopic (exact) mass is 585 g/mol. The molecule has 0 spiro atoms. The average molecular weight is 586 g/mol. The number of morpholine rings is 1. The lowest BCUT2D eigenvalue weighted by molar-refractivity contribution is -0.144. The maximum Gasteiger partial charge on any atom is 0.409 e. The number of likely N-dealkylation sites (tertiary alicyclic amines) is 2. The highest BCUT2D eigenvalue weighted by molar-refractivity contribution is 5.80.